The summed E-state index contributed by atoms with van der Waals surface area (Å²) >= 11 is 0. The summed E-state index contributed by atoms with van der Waals surface area (Å²) in [6.45, 7) is 0. The number of carbonyl (C=O) groups is 1. The molecule has 0 atom stereocenters. The Labute approximate surface area is 167 Å². The van der Waals surface area contributed by atoms with Crippen LogP contribution in [0.3, 0.4) is 0 Å². The molecule has 7 nitrogen and oxygen atoms in total. The zero-order valence-corrected chi connectivity index (χ0v) is 15.8. The fourth-order valence-corrected chi connectivity index (χ4v) is 3.67. The molecule has 0 radical (unpaired) electrons. The number of carbonyl (C=O) groups excluding carboxylic acids is 1. The van der Waals surface area contributed by atoms with Gasteiger partial charge in [0.05, 0.1) is 10.6 Å². The zero-order chi connectivity index (χ0) is 21.0. The standard InChI is InChI=1S/C21H17NO6S/c23-15-4-3-5-16(13-15)29(27,28)22-18-7-2-1-6-17(18)19(24)10-8-14-9-11-20(25)21(26)12-14/h1-13,22-23,25-26H. The normalized spacial score (nSPS) is 11.4. The fraction of sp³-hybridized carbons (Fsp3) is 0. The molecule has 3 aromatic rings. The highest BCUT2D eigenvalue weighted by Gasteiger charge is 2.18. The Hall–Kier alpha value is -3.78. The summed E-state index contributed by atoms with van der Waals surface area (Å²) in [4.78, 5) is 12.5. The number of allylic oxidation sites excluding steroid dienone is 1. The van der Waals surface area contributed by atoms with Gasteiger partial charge in [0.25, 0.3) is 10.0 Å². The largest absolute Gasteiger partial charge is 0.508 e. The second-order valence-electron chi connectivity index (χ2n) is 6.09. The van der Waals surface area contributed by atoms with Crippen LogP contribution in [0.2, 0.25) is 0 Å². The van der Waals surface area contributed by atoms with E-state index in [1.165, 1.54) is 60.7 Å². The Kier molecular flexibility index (Phi) is 5.56. The quantitative estimate of drug-likeness (QED) is 0.280. The van der Waals surface area contributed by atoms with Crippen molar-refractivity contribution in [3.63, 3.8) is 0 Å². The Balaban J connectivity index is 1.87. The van der Waals surface area contributed by atoms with Crippen LogP contribution in [-0.4, -0.2) is 29.5 Å². The second-order valence-corrected chi connectivity index (χ2v) is 7.78. The lowest BCUT2D eigenvalue weighted by Crippen LogP contribution is -2.15. The van der Waals surface area contributed by atoms with Gasteiger partial charge in [-0.25, -0.2) is 8.42 Å². The van der Waals surface area contributed by atoms with E-state index in [0.717, 1.165) is 6.07 Å². The van der Waals surface area contributed by atoms with Gasteiger partial charge in [-0.05, 0) is 48.0 Å². The number of rotatable bonds is 6. The first kappa shape index (κ1) is 20.0. The van der Waals surface area contributed by atoms with Gasteiger partial charge in [0.1, 0.15) is 5.75 Å². The maximum absolute atomic E-state index is 12.6. The second kappa shape index (κ2) is 8.07. The summed E-state index contributed by atoms with van der Waals surface area (Å²) in [6.07, 6.45) is 2.66. The Morgan fingerprint density at radius 1 is 0.862 bits per heavy atom. The maximum atomic E-state index is 12.6. The molecule has 0 spiro atoms. The van der Waals surface area contributed by atoms with Gasteiger partial charge in [-0.15, -0.1) is 0 Å². The molecule has 0 saturated carbocycles. The average molecular weight is 411 g/mol. The van der Waals surface area contributed by atoms with Crippen molar-refractivity contribution in [3.8, 4) is 17.2 Å². The molecule has 0 heterocycles. The topological polar surface area (TPSA) is 124 Å². The van der Waals surface area contributed by atoms with Crippen molar-refractivity contribution in [1.29, 1.82) is 0 Å². The fourth-order valence-electron chi connectivity index (χ4n) is 2.55. The molecule has 0 fully saturated rings. The Morgan fingerprint density at radius 3 is 2.34 bits per heavy atom. The number of benzene rings is 3. The van der Waals surface area contributed by atoms with Crippen molar-refractivity contribution in [1.82, 2.24) is 0 Å². The van der Waals surface area contributed by atoms with E-state index in [0.29, 0.717) is 5.56 Å². The molecule has 0 saturated heterocycles. The van der Waals surface area contributed by atoms with Gasteiger partial charge >= 0.3 is 0 Å². The number of phenolic OH excluding ortho intramolecular Hbond substituents is 3. The van der Waals surface area contributed by atoms with Crippen molar-refractivity contribution < 1.29 is 28.5 Å². The SMILES string of the molecule is O=C(C=Cc1ccc(O)c(O)c1)c1ccccc1NS(=O)(=O)c1cccc(O)c1. The van der Waals surface area contributed by atoms with E-state index in [1.807, 2.05) is 0 Å². The van der Waals surface area contributed by atoms with Crippen molar-refractivity contribution in [2.75, 3.05) is 4.72 Å². The number of hydrogen-bond donors (Lipinski definition) is 4. The molecule has 29 heavy (non-hydrogen) atoms. The molecule has 0 amide bonds. The van der Waals surface area contributed by atoms with Crippen LogP contribution in [0.5, 0.6) is 17.2 Å². The van der Waals surface area contributed by atoms with Crippen molar-refractivity contribution in [2.24, 2.45) is 0 Å². The van der Waals surface area contributed by atoms with Gasteiger partial charge < -0.3 is 15.3 Å². The van der Waals surface area contributed by atoms with E-state index < -0.39 is 15.8 Å². The number of sulfonamides is 1. The van der Waals surface area contributed by atoms with Crippen LogP contribution in [0.25, 0.3) is 6.08 Å². The maximum Gasteiger partial charge on any atom is 0.262 e. The van der Waals surface area contributed by atoms with E-state index in [9.17, 15) is 28.5 Å². The first-order valence-electron chi connectivity index (χ1n) is 8.41. The number of nitrogens with one attached hydrogen (secondary N) is 1. The summed E-state index contributed by atoms with van der Waals surface area (Å²) in [5.74, 6) is -1.26. The minimum Gasteiger partial charge on any atom is -0.508 e. The first-order chi connectivity index (χ1) is 13.8. The number of anilines is 1. The molecule has 3 rings (SSSR count). The van der Waals surface area contributed by atoms with Crippen molar-refractivity contribution in [3.05, 3.63) is 83.9 Å². The lowest BCUT2D eigenvalue weighted by atomic mass is 10.1. The van der Waals surface area contributed by atoms with Crippen LogP contribution in [0.4, 0.5) is 5.69 Å². The minimum absolute atomic E-state index is 0.0825. The predicted octanol–water partition coefficient (Wildman–Crippen LogP) is 3.50. The minimum atomic E-state index is -4.02. The Morgan fingerprint density at radius 2 is 1.62 bits per heavy atom. The van der Waals surface area contributed by atoms with E-state index in [-0.39, 0.29) is 33.4 Å². The van der Waals surface area contributed by atoms with E-state index in [1.54, 1.807) is 12.1 Å². The number of aromatic hydroxyl groups is 3. The molecule has 0 aliphatic rings. The third-order valence-electron chi connectivity index (χ3n) is 3.99. The highest BCUT2D eigenvalue weighted by molar-refractivity contribution is 7.92. The number of hydrogen-bond acceptors (Lipinski definition) is 6. The third-order valence-corrected chi connectivity index (χ3v) is 5.35. The molecular formula is C21H17NO6S. The average Bonchev–Trinajstić information content (AvgIpc) is 2.69. The molecule has 8 heteroatoms. The van der Waals surface area contributed by atoms with Gasteiger partial charge in [0, 0.05) is 11.6 Å². The van der Waals surface area contributed by atoms with E-state index >= 15 is 0 Å². The predicted molar refractivity (Wildman–Crippen MR) is 108 cm³/mol. The van der Waals surface area contributed by atoms with Gasteiger partial charge in [-0.2, -0.15) is 0 Å². The molecule has 0 aliphatic heterocycles. The summed E-state index contributed by atoms with van der Waals surface area (Å²) in [5, 5.41) is 28.4. The van der Waals surface area contributed by atoms with Crippen LogP contribution < -0.4 is 4.72 Å². The lowest BCUT2D eigenvalue weighted by molar-refractivity contribution is 0.104. The first-order valence-corrected chi connectivity index (χ1v) is 9.90. The van der Waals surface area contributed by atoms with Crippen molar-refractivity contribution >= 4 is 27.6 Å². The van der Waals surface area contributed by atoms with Gasteiger partial charge in [0.15, 0.2) is 17.3 Å². The number of ketones is 1. The Bertz CT molecular complexity index is 1200. The smallest absolute Gasteiger partial charge is 0.262 e. The molecule has 3 aromatic carbocycles. The summed E-state index contributed by atoms with van der Waals surface area (Å²) in [6, 6.07) is 15.4. The van der Waals surface area contributed by atoms with Gasteiger partial charge in [-0.1, -0.05) is 30.3 Å². The lowest BCUT2D eigenvalue weighted by Gasteiger charge is -2.11. The van der Waals surface area contributed by atoms with E-state index in [2.05, 4.69) is 4.72 Å². The third kappa shape index (κ3) is 4.74. The molecular weight excluding hydrogens is 394 g/mol. The van der Waals surface area contributed by atoms with Crippen molar-refractivity contribution in [2.45, 2.75) is 4.90 Å². The number of para-hydroxylation sites is 1. The van der Waals surface area contributed by atoms with E-state index in [4.69, 9.17) is 0 Å². The molecule has 0 bridgehead atoms. The molecule has 0 aliphatic carbocycles. The van der Waals surface area contributed by atoms with Crippen LogP contribution in [0.15, 0.2) is 77.7 Å². The molecule has 0 aromatic heterocycles. The van der Waals surface area contributed by atoms with Crippen LogP contribution in [0.1, 0.15) is 15.9 Å². The molecule has 0 unspecified atom stereocenters. The molecule has 148 valence electrons. The highest BCUT2D eigenvalue weighted by Crippen LogP contribution is 2.26. The van der Waals surface area contributed by atoms with Gasteiger partial charge in [-0.3, -0.25) is 9.52 Å². The summed E-state index contributed by atoms with van der Waals surface area (Å²) in [7, 11) is -4.02. The highest BCUT2D eigenvalue weighted by atomic mass is 32.2. The summed E-state index contributed by atoms with van der Waals surface area (Å²) < 4.78 is 27.5. The summed E-state index contributed by atoms with van der Waals surface area (Å²) in [5.41, 5.74) is 0.681. The van der Waals surface area contributed by atoms with Crippen LogP contribution in [0, 0.1) is 0 Å². The van der Waals surface area contributed by atoms with Crippen LogP contribution in [-0.2, 0) is 10.0 Å². The monoisotopic (exact) mass is 411 g/mol. The zero-order valence-electron chi connectivity index (χ0n) is 15.0. The number of phenols is 3. The van der Waals surface area contributed by atoms with Gasteiger partial charge in [0.2, 0.25) is 0 Å². The molecule has 4 N–H and O–H groups in total. The van der Waals surface area contributed by atoms with Crippen LogP contribution >= 0.6 is 0 Å².